The van der Waals surface area contributed by atoms with Gasteiger partial charge in [0.15, 0.2) is 5.78 Å². The first-order valence-electron chi connectivity index (χ1n) is 9.54. The molecule has 0 spiro atoms. The number of ether oxygens (including phenoxy) is 2. The number of carbonyl (C=O) groups excluding carboxylic acids is 4. The lowest BCUT2D eigenvalue weighted by Gasteiger charge is -2.16. The summed E-state index contributed by atoms with van der Waals surface area (Å²) in [6, 6.07) is 6.37. The van der Waals surface area contributed by atoms with E-state index in [1.807, 2.05) is 12.1 Å². The molecule has 0 bridgehead atoms. The van der Waals surface area contributed by atoms with Crippen LogP contribution in [0.3, 0.4) is 0 Å². The van der Waals surface area contributed by atoms with Crippen LogP contribution in [0.15, 0.2) is 24.3 Å². The van der Waals surface area contributed by atoms with E-state index >= 15 is 0 Å². The Hall–Kier alpha value is -2.74. The van der Waals surface area contributed by atoms with Gasteiger partial charge in [0, 0.05) is 25.7 Å². The van der Waals surface area contributed by atoms with Crippen molar-refractivity contribution in [1.29, 1.82) is 0 Å². The van der Waals surface area contributed by atoms with Crippen molar-refractivity contribution in [3.8, 4) is 5.75 Å². The van der Waals surface area contributed by atoms with Crippen molar-refractivity contribution in [3.63, 3.8) is 0 Å². The minimum Gasteiger partial charge on any atom is -0.497 e. The average molecular weight is 407 g/mol. The van der Waals surface area contributed by atoms with Crippen molar-refractivity contribution < 1.29 is 33.8 Å². The number of methoxy groups -OCH3 is 2. The Labute approximate surface area is 170 Å². The van der Waals surface area contributed by atoms with Gasteiger partial charge < -0.3 is 19.9 Å². The molecule has 0 fully saturated rings. The lowest BCUT2D eigenvalue weighted by atomic mass is 10.0. The third-order valence-electron chi connectivity index (χ3n) is 4.38. The summed E-state index contributed by atoms with van der Waals surface area (Å²) in [6.45, 7) is -0.605. The van der Waals surface area contributed by atoms with E-state index in [0.29, 0.717) is 25.7 Å². The SMILES string of the molecule is COC(=O)[C@@H](CCC(=O)CO)NC(=O)CCCCC(=O)Cc1ccc(OC)cc1. The van der Waals surface area contributed by atoms with E-state index in [9.17, 15) is 19.2 Å². The molecule has 1 aromatic rings. The Morgan fingerprint density at radius 1 is 0.966 bits per heavy atom. The quantitative estimate of drug-likeness (QED) is 0.353. The monoisotopic (exact) mass is 407 g/mol. The van der Waals surface area contributed by atoms with Crippen LogP contribution in [0.4, 0.5) is 0 Å². The van der Waals surface area contributed by atoms with Crippen LogP contribution in [0.25, 0.3) is 0 Å². The number of aliphatic hydroxyl groups is 1. The Balaban J connectivity index is 2.32. The Morgan fingerprint density at radius 2 is 1.62 bits per heavy atom. The lowest BCUT2D eigenvalue weighted by molar-refractivity contribution is -0.145. The van der Waals surface area contributed by atoms with Gasteiger partial charge in [-0.05, 0) is 37.0 Å². The largest absolute Gasteiger partial charge is 0.497 e. The number of carbonyl (C=O) groups is 4. The number of Topliss-reactive ketones (excluding diaryl/α,β-unsaturated/α-hetero) is 2. The van der Waals surface area contributed by atoms with Crippen molar-refractivity contribution in [2.24, 2.45) is 0 Å². The average Bonchev–Trinajstić information content (AvgIpc) is 2.73. The van der Waals surface area contributed by atoms with Crippen molar-refractivity contribution in [1.82, 2.24) is 5.32 Å². The van der Waals surface area contributed by atoms with Crippen molar-refractivity contribution in [2.45, 2.75) is 51.0 Å². The number of unbranched alkanes of at least 4 members (excludes halogenated alkanes) is 1. The van der Waals surface area contributed by atoms with Crippen molar-refractivity contribution in [3.05, 3.63) is 29.8 Å². The summed E-state index contributed by atoms with van der Waals surface area (Å²) >= 11 is 0. The van der Waals surface area contributed by atoms with E-state index in [0.717, 1.165) is 11.3 Å². The number of hydrogen-bond acceptors (Lipinski definition) is 7. The molecule has 8 heteroatoms. The van der Waals surface area contributed by atoms with Crippen LogP contribution in [0.2, 0.25) is 0 Å². The molecule has 0 unspecified atom stereocenters. The fraction of sp³-hybridized carbons (Fsp3) is 0.524. The zero-order valence-corrected chi connectivity index (χ0v) is 16.9. The van der Waals surface area contributed by atoms with E-state index in [1.54, 1.807) is 19.2 Å². The molecule has 29 heavy (non-hydrogen) atoms. The number of ketones is 2. The van der Waals surface area contributed by atoms with E-state index in [4.69, 9.17) is 9.84 Å². The molecule has 1 atom stereocenters. The maximum atomic E-state index is 12.0. The fourth-order valence-electron chi connectivity index (χ4n) is 2.71. The number of nitrogens with one attached hydrogen (secondary N) is 1. The maximum absolute atomic E-state index is 12.0. The standard InChI is InChI=1S/C21H29NO7/c1-28-18-10-7-15(8-11-18)13-16(24)5-3-4-6-20(26)22-19(21(27)29-2)12-9-17(25)14-23/h7-8,10-11,19,23H,3-6,9,12-14H2,1-2H3,(H,22,26)/t19-/m1/s1. The molecule has 0 saturated heterocycles. The fourth-order valence-corrected chi connectivity index (χ4v) is 2.71. The van der Waals surface area contributed by atoms with Crippen LogP contribution in [0.1, 0.15) is 44.1 Å². The number of hydrogen-bond donors (Lipinski definition) is 2. The molecular weight excluding hydrogens is 378 g/mol. The van der Waals surface area contributed by atoms with Gasteiger partial charge in [0.2, 0.25) is 5.91 Å². The van der Waals surface area contributed by atoms with Gasteiger partial charge in [0.25, 0.3) is 0 Å². The predicted octanol–water partition coefficient (Wildman–Crippen LogP) is 1.37. The molecule has 0 aliphatic carbocycles. The normalized spacial score (nSPS) is 11.4. The van der Waals surface area contributed by atoms with Gasteiger partial charge in [-0.3, -0.25) is 14.4 Å². The molecular formula is C21H29NO7. The number of rotatable bonds is 14. The number of aliphatic hydroxyl groups excluding tert-OH is 1. The highest BCUT2D eigenvalue weighted by Crippen LogP contribution is 2.13. The first-order chi connectivity index (χ1) is 13.9. The molecule has 0 aromatic heterocycles. The number of esters is 1. The van der Waals surface area contributed by atoms with Gasteiger partial charge >= 0.3 is 5.97 Å². The van der Waals surface area contributed by atoms with Gasteiger partial charge in [0.1, 0.15) is 24.2 Å². The predicted molar refractivity (Wildman–Crippen MR) is 105 cm³/mol. The second-order valence-corrected chi connectivity index (χ2v) is 6.65. The van der Waals surface area contributed by atoms with Crippen LogP contribution >= 0.6 is 0 Å². The minimum atomic E-state index is -0.931. The first kappa shape index (κ1) is 24.3. The van der Waals surface area contributed by atoms with Crippen LogP contribution in [-0.4, -0.2) is 55.4 Å². The first-order valence-corrected chi connectivity index (χ1v) is 9.54. The van der Waals surface area contributed by atoms with E-state index < -0.39 is 24.4 Å². The summed E-state index contributed by atoms with van der Waals surface area (Å²) in [5, 5.41) is 11.3. The Kier molecular flexibility index (Phi) is 11.3. The van der Waals surface area contributed by atoms with Gasteiger partial charge in [0.05, 0.1) is 14.2 Å². The molecule has 0 aliphatic rings. The summed E-state index contributed by atoms with van der Waals surface area (Å²) in [4.78, 5) is 47.0. The van der Waals surface area contributed by atoms with Gasteiger partial charge in [-0.25, -0.2) is 4.79 Å². The van der Waals surface area contributed by atoms with Gasteiger partial charge in [-0.2, -0.15) is 0 Å². The zero-order chi connectivity index (χ0) is 21.6. The number of benzene rings is 1. The maximum Gasteiger partial charge on any atom is 0.328 e. The van der Waals surface area contributed by atoms with E-state index in [-0.39, 0.29) is 31.0 Å². The number of amides is 1. The Morgan fingerprint density at radius 3 is 2.21 bits per heavy atom. The molecule has 160 valence electrons. The second-order valence-electron chi connectivity index (χ2n) is 6.65. The van der Waals surface area contributed by atoms with Crippen LogP contribution in [0.5, 0.6) is 5.75 Å². The third kappa shape index (κ3) is 9.84. The molecule has 0 radical (unpaired) electrons. The van der Waals surface area contributed by atoms with Crippen LogP contribution in [-0.2, 0) is 30.3 Å². The van der Waals surface area contributed by atoms with Gasteiger partial charge in [-0.15, -0.1) is 0 Å². The third-order valence-corrected chi connectivity index (χ3v) is 4.38. The van der Waals surface area contributed by atoms with Crippen LogP contribution in [0, 0.1) is 0 Å². The molecule has 8 nitrogen and oxygen atoms in total. The summed E-state index contributed by atoms with van der Waals surface area (Å²) in [6.07, 6.45) is 1.97. The summed E-state index contributed by atoms with van der Waals surface area (Å²) in [5.41, 5.74) is 0.909. The molecule has 1 rings (SSSR count). The summed E-state index contributed by atoms with van der Waals surface area (Å²) < 4.78 is 9.71. The molecule has 1 aromatic carbocycles. The molecule has 1 amide bonds. The summed E-state index contributed by atoms with van der Waals surface area (Å²) in [7, 11) is 2.78. The topological polar surface area (TPSA) is 119 Å². The summed E-state index contributed by atoms with van der Waals surface area (Å²) in [5.74, 6) is -0.578. The minimum absolute atomic E-state index is 0.0313. The molecule has 0 aliphatic heterocycles. The highest BCUT2D eigenvalue weighted by atomic mass is 16.5. The van der Waals surface area contributed by atoms with E-state index in [2.05, 4.69) is 10.1 Å². The van der Waals surface area contributed by atoms with Crippen molar-refractivity contribution in [2.75, 3.05) is 20.8 Å². The second kappa shape index (κ2) is 13.4. The van der Waals surface area contributed by atoms with E-state index in [1.165, 1.54) is 7.11 Å². The lowest BCUT2D eigenvalue weighted by Crippen LogP contribution is -2.41. The molecule has 2 N–H and O–H groups in total. The Bertz CT molecular complexity index is 685. The van der Waals surface area contributed by atoms with Crippen LogP contribution < -0.4 is 10.1 Å². The smallest absolute Gasteiger partial charge is 0.328 e. The molecule has 0 heterocycles. The zero-order valence-electron chi connectivity index (χ0n) is 16.9. The van der Waals surface area contributed by atoms with Gasteiger partial charge in [-0.1, -0.05) is 12.1 Å². The van der Waals surface area contributed by atoms with Crippen molar-refractivity contribution >= 4 is 23.4 Å². The highest BCUT2D eigenvalue weighted by Gasteiger charge is 2.22. The molecule has 0 saturated carbocycles. The highest BCUT2D eigenvalue weighted by molar-refractivity contribution is 5.86.